The summed E-state index contributed by atoms with van der Waals surface area (Å²) in [6.07, 6.45) is 4.54. The fraction of sp³-hybridized carbons (Fsp3) is 0.714. The van der Waals surface area contributed by atoms with Crippen molar-refractivity contribution in [3.63, 3.8) is 0 Å². The van der Waals surface area contributed by atoms with Crippen molar-refractivity contribution in [2.45, 2.75) is 37.8 Å². The van der Waals surface area contributed by atoms with Crippen LogP contribution in [0, 0.1) is 0 Å². The highest BCUT2D eigenvalue weighted by Gasteiger charge is 2.37. The Morgan fingerprint density at radius 2 is 1.95 bits per heavy atom. The van der Waals surface area contributed by atoms with Gasteiger partial charge in [0.1, 0.15) is 12.6 Å². The Labute approximate surface area is 119 Å². The molecule has 2 saturated heterocycles. The summed E-state index contributed by atoms with van der Waals surface area (Å²) >= 11 is 0. The van der Waals surface area contributed by atoms with Crippen LogP contribution >= 0.6 is 0 Å². The molecule has 1 unspecified atom stereocenters. The highest BCUT2D eigenvalue weighted by molar-refractivity contribution is 5.74. The summed E-state index contributed by atoms with van der Waals surface area (Å²) in [4.78, 5) is 26.7. The van der Waals surface area contributed by atoms with Crippen LogP contribution in [0.25, 0.3) is 0 Å². The molecule has 2 aliphatic rings. The molecule has 0 spiro atoms. The average molecular weight is 282 g/mol. The molecule has 1 amide bonds. The molecule has 0 saturated carbocycles. The van der Waals surface area contributed by atoms with Gasteiger partial charge in [-0.05, 0) is 32.2 Å². The van der Waals surface area contributed by atoms with Crippen molar-refractivity contribution in [2.75, 3.05) is 26.2 Å². The third-order valence-electron chi connectivity index (χ3n) is 4.10. The first kappa shape index (κ1) is 14.8. The van der Waals surface area contributed by atoms with Crippen molar-refractivity contribution in [3.8, 4) is 0 Å². The van der Waals surface area contributed by atoms with E-state index in [1.807, 2.05) is 0 Å². The lowest BCUT2D eigenvalue weighted by Gasteiger charge is -2.37. The Morgan fingerprint density at radius 3 is 2.55 bits per heavy atom. The van der Waals surface area contributed by atoms with Crippen LogP contribution in [0.3, 0.4) is 0 Å². The van der Waals surface area contributed by atoms with Crippen LogP contribution in [0.2, 0.25) is 0 Å². The van der Waals surface area contributed by atoms with Crippen LogP contribution in [0.5, 0.6) is 0 Å². The van der Waals surface area contributed by atoms with E-state index in [-0.39, 0.29) is 24.8 Å². The summed E-state index contributed by atoms with van der Waals surface area (Å²) in [6, 6.07) is -0.0821. The molecule has 0 aliphatic carbocycles. The summed E-state index contributed by atoms with van der Waals surface area (Å²) < 4.78 is 5.01. The summed E-state index contributed by atoms with van der Waals surface area (Å²) in [5.74, 6) is -0.727. The number of ether oxygens (including phenoxy) is 1. The monoisotopic (exact) mass is 282 g/mol. The molecule has 2 heterocycles. The maximum absolute atomic E-state index is 11.7. The molecule has 6 nitrogen and oxygen atoms in total. The molecule has 2 rings (SSSR count). The van der Waals surface area contributed by atoms with Crippen LogP contribution in [-0.2, 0) is 9.53 Å². The summed E-state index contributed by atoms with van der Waals surface area (Å²) in [5, 5.41) is 9.22. The number of carboxylic acid groups (broad SMARTS) is 1. The number of piperidine rings is 1. The Morgan fingerprint density at radius 1 is 1.25 bits per heavy atom. The van der Waals surface area contributed by atoms with E-state index in [0.29, 0.717) is 13.1 Å². The third-order valence-corrected chi connectivity index (χ3v) is 4.10. The molecule has 1 atom stereocenters. The first-order valence-corrected chi connectivity index (χ1v) is 7.14. The average Bonchev–Trinajstić information content (AvgIpc) is 2.94. The zero-order chi connectivity index (χ0) is 14.5. The number of carbonyl (C=O) groups excluding carboxylic acids is 1. The van der Waals surface area contributed by atoms with Gasteiger partial charge in [-0.1, -0.05) is 12.7 Å². The zero-order valence-corrected chi connectivity index (χ0v) is 11.7. The molecule has 0 bridgehead atoms. The highest BCUT2D eigenvalue weighted by atomic mass is 16.6. The van der Waals surface area contributed by atoms with Crippen molar-refractivity contribution in [1.29, 1.82) is 0 Å². The molecular weight excluding hydrogens is 260 g/mol. The SMILES string of the molecule is C=CCOC(=O)N1CCC(N2CCCC2C(=O)O)CC1. The smallest absolute Gasteiger partial charge is 0.410 e. The molecule has 2 fully saturated rings. The normalized spacial score (nSPS) is 24.6. The zero-order valence-electron chi connectivity index (χ0n) is 11.7. The van der Waals surface area contributed by atoms with Gasteiger partial charge < -0.3 is 14.7 Å². The second-order valence-electron chi connectivity index (χ2n) is 5.32. The van der Waals surface area contributed by atoms with Crippen molar-refractivity contribution >= 4 is 12.1 Å². The Bertz CT molecular complexity index is 377. The first-order chi connectivity index (χ1) is 9.63. The fourth-order valence-corrected chi connectivity index (χ4v) is 3.09. The Kier molecular flexibility index (Phi) is 5.00. The number of carbonyl (C=O) groups is 2. The third kappa shape index (κ3) is 3.30. The fourth-order valence-electron chi connectivity index (χ4n) is 3.09. The van der Waals surface area contributed by atoms with Gasteiger partial charge in [-0.25, -0.2) is 4.79 Å². The number of likely N-dealkylation sites (tertiary alicyclic amines) is 2. The Balaban J connectivity index is 1.83. The second-order valence-corrected chi connectivity index (χ2v) is 5.32. The van der Waals surface area contributed by atoms with Crippen molar-refractivity contribution in [1.82, 2.24) is 9.80 Å². The van der Waals surface area contributed by atoms with Crippen LogP contribution in [-0.4, -0.2) is 65.3 Å². The van der Waals surface area contributed by atoms with Crippen LogP contribution in [0.4, 0.5) is 4.79 Å². The summed E-state index contributed by atoms with van der Waals surface area (Å²) in [6.45, 7) is 5.84. The van der Waals surface area contributed by atoms with E-state index in [2.05, 4.69) is 11.5 Å². The van der Waals surface area contributed by atoms with E-state index in [0.717, 1.165) is 32.2 Å². The van der Waals surface area contributed by atoms with Gasteiger partial charge in [0.2, 0.25) is 0 Å². The number of amides is 1. The van der Waals surface area contributed by atoms with E-state index in [1.165, 1.54) is 0 Å². The molecule has 20 heavy (non-hydrogen) atoms. The van der Waals surface area contributed by atoms with E-state index in [9.17, 15) is 14.7 Å². The predicted octanol–water partition coefficient (Wildman–Crippen LogP) is 1.32. The molecule has 1 N–H and O–H groups in total. The minimum atomic E-state index is -0.727. The van der Waals surface area contributed by atoms with Crippen molar-refractivity contribution in [2.24, 2.45) is 0 Å². The molecule has 6 heteroatoms. The molecule has 0 aromatic carbocycles. The predicted molar refractivity (Wildman–Crippen MR) is 73.5 cm³/mol. The summed E-state index contributed by atoms with van der Waals surface area (Å²) in [5.41, 5.74) is 0. The molecule has 0 aromatic rings. The molecule has 112 valence electrons. The van der Waals surface area contributed by atoms with Crippen molar-refractivity contribution < 1.29 is 19.4 Å². The number of hydrogen-bond acceptors (Lipinski definition) is 4. The highest BCUT2D eigenvalue weighted by Crippen LogP contribution is 2.26. The number of nitrogens with zero attached hydrogens (tertiary/aromatic N) is 2. The minimum Gasteiger partial charge on any atom is -0.480 e. The van der Waals surface area contributed by atoms with E-state index < -0.39 is 5.97 Å². The molecule has 0 aromatic heterocycles. The van der Waals surface area contributed by atoms with Gasteiger partial charge in [0, 0.05) is 19.1 Å². The van der Waals surface area contributed by atoms with Crippen LogP contribution < -0.4 is 0 Å². The standard InChI is InChI=1S/C14H22N2O4/c1-2-10-20-14(19)15-8-5-11(6-9-15)16-7-3-4-12(16)13(17)18/h2,11-12H,1,3-10H2,(H,17,18). The lowest BCUT2D eigenvalue weighted by molar-refractivity contribution is -0.143. The van der Waals surface area contributed by atoms with E-state index in [4.69, 9.17) is 4.74 Å². The van der Waals surface area contributed by atoms with Crippen molar-refractivity contribution in [3.05, 3.63) is 12.7 Å². The quantitative estimate of drug-likeness (QED) is 0.788. The minimum absolute atomic E-state index is 0.228. The van der Waals surface area contributed by atoms with Crippen LogP contribution in [0.15, 0.2) is 12.7 Å². The van der Waals surface area contributed by atoms with Gasteiger partial charge in [0.25, 0.3) is 0 Å². The van der Waals surface area contributed by atoms with Gasteiger partial charge in [-0.2, -0.15) is 0 Å². The number of rotatable bonds is 4. The van der Waals surface area contributed by atoms with Crippen LogP contribution in [0.1, 0.15) is 25.7 Å². The summed E-state index contributed by atoms with van der Waals surface area (Å²) in [7, 11) is 0. The lowest BCUT2D eigenvalue weighted by atomic mass is 10.0. The number of aliphatic carboxylic acids is 1. The van der Waals surface area contributed by atoms with Gasteiger partial charge in [0.05, 0.1) is 0 Å². The Hall–Kier alpha value is -1.56. The van der Waals surface area contributed by atoms with Gasteiger partial charge >= 0.3 is 12.1 Å². The van der Waals surface area contributed by atoms with E-state index in [1.54, 1.807) is 11.0 Å². The molecule has 2 aliphatic heterocycles. The molecule has 0 radical (unpaired) electrons. The van der Waals surface area contributed by atoms with Gasteiger partial charge in [-0.15, -0.1) is 0 Å². The topological polar surface area (TPSA) is 70.1 Å². The molecular formula is C14H22N2O4. The van der Waals surface area contributed by atoms with Gasteiger partial charge in [0.15, 0.2) is 0 Å². The maximum atomic E-state index is 11.7. The second kappa shape index (κ2) is 6.74. The number of hydrogen-bond donors (Lipinski definition) is 1. The maximum Gasteiger partial charge on any atom is 0.410 e. The lowest BCUT2D eigenvalue weighted by Crippen LogP contribution is -2.50. The van der Waals surface area contributed by atoms with Gasteiger partial charge in [-0.3, -0.25) is 9.69 Å². The first-order valence-electron chi connectivity index (χ1n) is 7.14. The number of carboxylic acids is 1. The van der Waals surface area contributed by atoms with E-state index >= 15 is 0 Å². The largest absolute Gasteiger partial charge is 0.480 e.